The third kappa shape index (κ3) is 7.74. The van der Waals surface area contributed by atoms with Crippen LogP contribution in [0.1, 0.15) is 33.6 Å². The van der Waals surface area contributed by atoms with Gasteiger partial charge in [-0.1, -0.05) is 19.4 Å². The van der Waals surface area contributed by atoms with Crippen molar-refractivity contribution in [3.05, 3.63) is 19.1 Å². The average Bonchev–Trinajstić information content (AvgIpc) is 1.59. The third-order valence-corrected chi connectivity index (χ3v) is 1.23. The molecule has 0 spiro atoms. The van der Waals surface area contributed by atoms with Gasteiger partial charge in [-0.3, -0.25) is 0 Å². The van der Waals surface area contributed by atoms with Crippen molar-refractivity contribution >= 4 is 0 Å². The molecule has 0 aliphatic rings. The quantitative estimate of drug-likeness (QED) is 0.508. The topological polar surface area (TPSA) is 0 Å². The Morgan fingerprint density at radius 2 is 1.89 bits per heavy atom. The van der Waals surface area contributed by atoms with Crippen LogP contribution in [0, 0.1) is 12.3 Å². The van der Waals surface area contributed by atoms with Crippen LogP contribution in [0.15, 0.2) is 12.2 Å². The van der Waals surface area contributed by atoms with E-state index in [0.717, 1.165) is 12.8 Å². The fraction of sp³-hybridized carbons (Fsp3) is 0.667. The standard InChI is InChI=1S/C9H17/c1-8(2)6-7-9(3,4)5/h1,3,6-7H2,2,4-5H3. The summed E-state index contributed by atoms with van der Waals surface area (Å²) in [5.74, 6) is 0. The van der Waals surface area contributed by atoms with E-state index in [9.17, 15) is 0 Å². The Kier molecular flexibility index (Phi) is 2.96. The molecule has 0 atom stereocenters. The Hall–Kier alpha value is -0.260. The van der Waals surface area contributed by atoms with Crippen molar-refractivity contribution in [1.29, 1.82) is 0 Å². The summed E-state index contributed by atoms with van der Waals surface area (Å²) in [4.78, 5) is 0. The molecule has 0 aromatic rings. The second-order valence-electron chi connectivity index (χ2n) is 3.62. The van der Waals surface area contributed by atoms with Crippen molar-refractivity contribution in [2.24, 2.45) is 5.41 Å². The minimum Gasteiger partial charge on any atom is -0.100 e. The summed E-state index contributed by atoms with van der Waals surface area (Å²) in [6.07, 6.45) is 2.25. The lowest BCUT2D eigenvalue weighted by molar-refractivity contribution is 0.433. The fourth-order valence-corrected chi connectivity index (χ4v) is 0.552. The van der Waals surface area contributed by atoms with Crippen LogP contribution in [-0.2, 0) is 0 Å². The van der Waals surface area contributed by atoms with Crippen LogP contribution in [0.4, 0.5) is 0 Å². The SMILES string of the molecule is [CH2]C(C)(C)CCC(=C)C. The van der Waals surface area contributed by atoms with Crippen LogP contribution < -0.4 is 0 Å². The molecule has 0 aliphatic carbocycles. The van der Waals surface area contributed by atoms with Gasteiger partial charge in [-0.05, 0) is 32.1 Å². The summed E-state index contributed by atoms with van der Waals surface area (Å²) < 4.78 is 0. The van der Waals surface area contributed by atoms with Crippen LogP contribution in [-0.4, -0.2) is 0 Å². The molecule has 0 aromatic heterocycles. The Balaban J connectivity index is 3.39. The van der Waals surface area contributed by atoms with Gasteiger partial charge >= 0.3 is 0 Å². The van der Waals surface area contributed by atoms with E-state index in [-0.39, 0.29) is 5.41 Å². The predicted octanol–water partition coefficient (Wildman–Crippen LogP) is 3.20. The zero-order valence-electron chi connectivity index (χ0n) is 6.83. The molecule has 0 bridgehead atoms. The van der Waals surface area contributed by atoms with Crippen LogP contribution in [0.5, 0.6) is 0 Å². The summed E-state index contributed by atoms with van der Waals surface area (Å²) in [5.41, 5.74) is 1.48. The summed E-state index contributed by atoms with van der Waals surface area (Å²) in [6, 6.07) is 0. The lowest BCUT2D eigenvalue weighted by atomic mass is 9.89. The van der Waals surface area contributed by atoms with Crippen molar-refractivity contribution in [3.8, 4) is 0 Å². The number of rotatable bonds is 3. The Morgan fingerprint density at radius 1 is 1.44 bits per heavy atom. The second-order valence-corrected chi connectivity index (χ2v) is 3.62. The van der Waals surface area contributed by atoms with Crippen LogP contribution in [0.25, 0.3) is 0 Å². The van der Waals surface area contributed by atoms with E-state index in [1.54, 1.807) is 0 Å². The fourth-order valence-electron chi connectivity index (χ4n) is 0.552. The first-order valence-electron chi connectivity index (χ1n) is 3.41. The van der Waals surface area contributed by atoms with Crippen LogP contribution in [0.3, 0.4) is 0 Å². The highest BCUT2D eigenvalue weighted by Gasteiger charge is 2.08. The van der Waals surface area contributed by atoms with Crippen LogP contribution in [0.2, 0.25) is 0 Å². The molecule has 0 amide bonds. The van der Waals surface area contributed by atoms with Crippen molar-refractivity contribution in [2.75, 3.05) is 0 Å². The minimum atomic E-state index is 0.221. The van der Waals surface area contributed by atoms with Crippen molar-refractivity contribution in [3.63, 3.8) is 0 Å². The Bertz CT molecular complexity index is 93.1. The smallest absolute Gasteiger partial charge is 0.0321 e. The van der Waals surface area contributed by atoms with Gasteiger partial charge in [-0.2, -0.15) is 0 Å². The van der Waals surface area contributed by atoms with E-state index < -0.39 is 0 Å². The van der Waals surface area contributed by atoms with Gasteiger partial charge in [-0.15, -0.1) is 6.58 Å². The molecule has 0 heterocycles. The minimum absolute atomic E-state index is 0.221. The van der Waals surface area contributed by atoms with Gasteiger partial charge in [0.15, 0.2) is 0 Å². The van der Waals surface area contributed by atoms with Crippen molar-refractivity contribution in [2.45, 2.75) is 33.6 Å². The van der Waals surface area contributed by atoms with E-state index >= 15 is 0 Å². The van der Waals surface area contributed by atoms with Gasteiger partial charge in [0.2, 0.25) is 0 Å². The zero-order valence-corrected chi connectivity index (χ0v) is 6.83. The number of hydrogen-bond donors (Lipinski definition) is 0. The van der Waals surface area contributed by atoms with Gasteiger partial charge in [0, 0.05) is 0 Å². The molecule has 0 unspecified atom stereocenters. The molecule has 0 nitrogen and oxygen atoms in total. The van der Waals surface area contributed by atoms with E-state index in [1.165, 1.54) is 5.57 Å². The maximum atomic E-state index is 4.00. The Labute approximate surface area is 59.0 Å². The molecule has 0 saturated carbocycles. The zero-order chi connectivity index (χ0) is 7.49. The monoisotopic (exact) mass is 125 g/mol. The lowest BCUT2D eigenvalue weighted by Gasteiger charge is -2.16. The first-order chi connectivity index (χ1) is 3.92. The number of hydrogen-bond acceptors (Lipinski definition) is 0. The summed E-state index contributed by atoms with van der Waals surface area (Å²) >= 11 is 0. The van der Waals surface area contributed by atoms with E-state index in [0.29, 0.717) is 0 Å². The van der Waals surface area contributed by atoms with Crippen molar-refractivity contribution in [1.82, 2.24) is 0 Å². The first-order valence-corrected chi connectivity index (χ1v) is 3.41. The molecule has 1 radical (unpaired) electrons. The molecule has 0 aromatic carbocycles. The maximum absolute atomic E-state index is 4.00. The summed E-state index contributed by atoms with van der Waals surface area (Å²) in [7, 11) is 0. The van der Waals surface area contributed by atoms with E-state index in [1.807, 2.05) is 0 Å². The summed E-state index contributed by atoms with van der Waals surface area (Å²) in [6.45, 7) is 14.2. The third-order valence-electron chi connectivity index (χ3n) is 1.23. The molecule has 0 heteroatoms. The highest BCUT2D eigenvalue weighted by Crippen LogP contribution is 2.21. The first kappa shape index (κ1) is 8.74. The van der Waals surface area contributed by atoms with E-state index in [4.69, 9.17) is 0 Å². The highest BCUT2D eigenvalue weighted by molar-refractivity contribution is 4.90. The van der Waals surface area contributed by atoms with Gasteiger partial charge in [0.05, 0.1) is 0 Å². The maximum Gasteiger partial charge on any atom is -0.0321 e. The molecule has 0 fully saturated rings. The predicted molar refractivity (Wildman–Crippen MR) is 43.2 cm³/mol. The molecule has 0 N–H and O–H groups in total. The molecule has 9 heavy (non-hydrogen) atoms. The lowest BCUT2D eigenvalue weighted by Crippen LogP contribution is -2.04. The van der Waals surface area contributed by atoms with E-state index in [2.05, 4.69) is 34.3 Å². The highest BCUT2D eigenvalue weighted by atomic mass is 14.1. The van der Waals surface area contributed by atoms with Crippen molar-refractivity contribution < 1.29 is 0 Å². The molecular formula is C9H17. The Morgan fingerprint density at radius 3 is 2.00 bits per heavy atom. The van der Waals surface area contributed by atoms with Gasteiger partial charge in [0.25, 0.3) is 0 Å². The normalized spacial score (nSPS) is 11.6. The number of allylic oxidation sites excluding steroid dienone is 1. The molecule has 53 valence electrons. The molecular weight excluding hydrogens is 108 g/mol. The van der Waals surface area contributed by atoms with Gasteiger partial charge in [-0.25, -0.2) is 0 Å². The molecule has 0 saturated heterocycles. The summed E-state index contributed by atoms with van der Waals surface area (Å²) in [5, 5.41) is 0. The second kappa shape index (κ2) is 3.05. The van der Waals surface area contributed by atoms with Gasteiger partial charge in [0.1, 0.15) is 0 Å². The van der Waals surface area contributed by atoms with Crippen LogP contribution >= 0.6 is 0 Å². The van der Waals surface area contributed by atoms with Gasteiger partial charge < -0.3 is 0 Å². The largest absolute Gasteiger partial charge is 0.100 e. The average molecular weight is 125 g/mol. The molecule has 0 rings (SSSR count). The molecule has 0 aliphatic heterocycles.